The van der Waals surface area contributed by atoms with Gasteiger partial charge in [0.25, 0.3) is 0 Å². The highest BCUT2D eigenvalue weighted by Crippen LogP contribution is 2.22. The van der Waals surface area contributed by atoms with Crippen LogP contribution >= 0.6 is 11.3 Å². The Balaban J connectivity index is 1.87. The largest absolute Gasteiger partial charge is 0.395 e. The number of nitrogens with one attached hydrogen (secondary N) is 1. The Kier molecular flexibility index (Phi) is 7.34. The van der Waals surface area contributed by atoms with E-state index in [1.807, 2.05) is 25.7 Å². The van der Waals surface area contributed by atoms with Crippen molar-refractivity contribution < 1.29 is 14.7 Å². The molecule has 1 atom stereocenters. The summed E-state index contributed by atoms with van der Waals surface area (Å²) in [6, 6.07) is 0. The van der Waals surface area contributed by atoms with E-state index in [0.29, 0.717) is 24.8 Å². The average Bonchev–Trinajstić information content (AvgIpc) is 2.89. The molecule has 0 aromatic carbocycles. The molecular weight excluding hydrogens is 340 g/mol. The van der Waals surface area contributed by atoms with Crippen LogP contribution in [0.2, 0.25) is 0 Å². The van der Waals surface area contributed by atoms with Gasteiger partial charge in [-0.3, -0.25) is 14.5 Å². The number of anilines is 1. The van der Waals surface area contributed by atoms with Crippen LogP contribution < -0.4 is 5.32 Å². The second-order valence-corrected chi connectivity index (χ2v) is 7.63. The molecule has 2 heterocycles. The first-order valence-corrected chi connectivity index (χ1v) is 9.62. The van der Waals surface area contributed by atoms with Crippen molar-refractivity contribution in [3.8, 4) is 0 Å². The summed E-state index contributed by atoms with van der Waals surface area (Å²) < 4.78 is 0. The number of nitrogens with zero attached hydrogens (tertiary/aromatic N) is 3. The van der Waals surface area contributed by atoms with Gasteiger partial charge in [0.2, 0.25) is 11.8 Å². The first-order chi connectivity index (χ1) is 11.9. The Morgan fingerprint density at radius 1 is 1.44 bits per heavy atom. The third kappa shape index (κ3) is 5.49. The molecule has 2 amide bonds. The topological polar surface area (TPSA) is 85.8 Å². The lowest BCUT2D eigenvalue weighted by Gasteiger charge is -2.34. The van der Waals surface area contributed by atoms with E-state index in [-0.39, 0.29) is 30.9 Å². The molecule has 1 aliphatic heterocycles. The molecule has 0 bridgehead atoms. The summed E-state index contributed by atoms with van der Waals surface area (Å²) in [5, 5.41) is 12.6. The number of carbonyl (C=O) groups excluding carboxylic acids is 2. The number of likely N-dealkylation sites (N-methyl/N-ethyl adjacent to an activating group) is 1. The van der Waals surface area contributed by atoms with Crippen molar-refractivity contribution in [2.45, 2.75) is 33.6 Å². The van der Waals surface area contributed by atoms with Gasteiger partial charge in [-0.1, -0.05) is 0 Å². The van der Waals surface area contributed by atoms with Gasteiger partial charge in [0.1, 0.15) is 0 Å². The summed E-state index contributed by atoms with van der Waals surface area (Å²) in [5.74, 6) is -0.116. The third-order valence-electron chi connectivity index (χ3n) is 4.56. The van der Waals surface area contributed by atoms with Crippen LogP contribution in [-0.4, -0.2) is 71.0 Å². The minimum Gasteiger partial charge on any atom is -0.395 e. The molecule has 25 heavy (non-hydrogen) atoms. The molecule has 0 aliphatic carbocycles. The van der Waals surface area contributed by atoms with Crippen molar-refractivity contribution in [1.29, 1.82) is 0 Å². The highest BCUT2D eigenvalue weighted by molar-refractivity contribution is 7.15. The number of aliphatic hydroxyl groups excluding tert-OH is 1. The van der Waals surface area contributed by atoms with Crippen LogP contribution in [0.3, 0.4) is 0 Å². The Morgan fingerprint density at radius 3 is 2.80 bits per heavy atom. The summed E-state index contributed by atoms with van der Waals surface area (Å²) >= 11 is 1.48. The van der Waals surface area contributed by atoms with E-state index in [1.54, 1.807) is 4.90 Å². The van der Waals surface area contributed by atoms with Crippen LogP contribution in [0.4, 0.5) is 5.13 Å². The molecule has 1 aromatic rings. The predicted molar refractivity (Wildman–Crippen MR) is 98.7 cm³/mol. The standard InChI is InChI=1S/C17H28N4O3S/c1-4-21(8-9-22)16(24)14-6-5-7-20(10-14)11-15(23)19-17-18-12(2)13(3)25-17/h14,22H,4-11H2,1-3H3,(H,18,19,23). The predicted octanol–water partition coefficient (Wildman–Crippen LogP) is 1.25. The quantitative estimate of drug-likeness (QED) is 0.757. The second kappa shape index (κ2) is 9.26. The van der Waals surface area contributed by atoms with Crippen LogP contribution in [0, 0.1) is 19.8 Å². The molecule has 8 heteroatoms. The molecule has 1 aromatic heterocycles. The molecule has 140 valence electrons. The van der Waals surface area contributed by atoms with Crippen molar-refractivity contribution in [2.24, 2.45) is 5.92 Å². The number of aliphatic hydroxyl groups is 1. The van der Waals surface area contributed by atoms with Gasteiger partial charge in [-0.15, -0.1) is 11.3 Å². The summed E-state index contributed by atoms with van der Waals surface area (Å²) in [5.41, 5.74) is 0.937. The summed E-state index contributed by atoms with van der Waals surface area (Å²) in [7, 11) is 0. The van der Waals surface area contributed by atoms with Crippen molar-refractivity contribution in [1.82, 2.24) is 14.8 Å². The molecular formula is C17H28N4O3S. The molecule has 1 unspecified atom stereocenters. The van der Waals surface area contributed by atoms with E-state index in [1.165, 1.54) is 11.3 Å². The van der Waals surface area contributed by atoms with Crippen LogP contribution in [-0.2, 0) is 9.59 Å². The number of piperidine rings is 1. The van der Waals surface area contributed by atoms with Gasteiger partial charge in [0.15, 0.2) is 5.13 Å². The van der Waals surface area contributed by atoms with E-state index in [9.17, 15) is 9.59 Å². The van der Waals surface area contributed by atoms with Crippen LogP contribution in [0.15, 0.2) is 0 Å². The average molecular weight is 369 g/mol. The zero-order chi connectivity index (χ0) is 18.4. The van der Waals surface area contributed by atoms with E-state index in [4.69, 9.17) is 5.11 Å². The number of rotatable bonds is 7. The zero-order valence-corrected chi connectivity index (χ0v) is 16.1. The van der Waals surface area contributed by atoms with E-state index in [2.05, 4.69) is 10.3 Å². The lowest BCUT2D eigenvalue weighted by atomic mass is 9.96. The minimum atomic E-state index is -0.0996. The fraction of sp³-hybridized carbons (Fsp3) is 0.706. The van der Waals surface area contributed by atoms with Gasteiger partial charge in [-0.2, -0.15) is 0 Å². The Hall–Kier alpha value is -1.51. The van der Waals surface area contributed by atoms with Crippen molar-refractivity contribution in [3.63, 3.8) is 0 Å². The minimum absolute atomic E-state index is 0.0228. The van der Waals surface area contributed by atoms with Crippen molar-refractivity contribution >= 4 is 28.3 Å². The maximum atomic E-state index is 12.6. The molecule has 1 saturated heterocycles. The van der Waals surface area contributed by atoms with Gasteiger partial charge < -0.3 is 15.3 Å². The molecule has 0 spiro atoms. The fourth-order valence-corrected chi connectivity index (χ4v) is 3.92. The number of hydrogen-bond donors (Lipinski definition) is 2. The number of carbonyl (C=O) groups is 2. The lowest BCUT2D eigenvalue weighted by Crippen LogP contribution is -2.47. The molecule has 2 N–H and O–H groups in total. The molecule has 7 nitrogen and oxygen atoms in total. The van der Waals surface area contributed by atoms with Gasteiger partial charge in [0, 0.05) is 24.5 Å². The fourth-order valence-electron chi connectivity index (χ4n) is 3.09. The third-order valence-corrected chi connectivity index (χ3v) is 5.55. The van der Waals surface area contributed by atoms with E-state index >= 15 is 0 Å². The molecule has 2 rings (SSSR count). The maximum absolute atomic E-state index is 12.6. The van der Waals surface area contributed by atoms with Gasteiger partial charge >= 0.3 is 0 Å². The van der Waals surface area contributed by atoms with Crippen LogP contribution in [0.1, 0.15) is 30.3 Å². The molecule has 1 fully saturated rings. The molecule has 1 aliphatic rings. The Morgan fingerprint density at radius 2 is 2.20 bits per heavy atom. The van der Waals surface area contributed by atoms with Gasteiger partial charge in [-0.05, 0) is 40.2 Å². The van der Waals surface area contributed by atoms with E-state index < -0.39 is 0 Å². The monoisotopic (exact) mass is 368 g/mol. The lowest BCUT2D eigenvalue weighted by molar-refractivity contribution is -0.138. The highest BCUT2D eigenvalue weighted by Gasteiger charge is 2.29. The zero-order valence-electron chi connectivity index (χ0n) is 15.2. The van der Waals surface area contributed by atoms with Gasteiger partial charge in [-0.25, -0.2) is 4.98 Å². The summed E-state index contributed by atoms with van der Waals surface area (Å²) in [4.78, 5) is 34.0. The number of aromatic nitrogens is 1. The van der Waals surface area contributed by atoms with Crippen LogP contribution in [0.25, 0.3) is 0 Å². The number of thiazole rings is 1. The van der Waals surface area contributed by atoms with Crippen LogP contribution in [0.5, 0.6) is 0 Å². The summed E-state index contributed by atoms with van der Waals surface area (Å²) in [6.07, 6.45) is 1.74. The second-order valence-electron chi connectivity index (χ2n) is 6.42. The van der Waals surface area contributed by atoms with Crippen molar-refractivity contribution in [3.05, 3.63) is 10.6 Å². The number of aryl methyl sites for hydroxylation is 2. The van der Waals surface area contributed by atoms with Gasteiger partial charge in [0.05, 0.1) is 24.8 Å². The normalized spacial score (nSPS) is 18.2. The Labute approximate surface area is 153 Å². The highest BCUT2D eigenvalue weighted by atomic mass is 32.1. The number of hydrogen-bond acceptors (Lipinski definition) is 6. The SMILES string of the molecule is CCN(CCO)C(=O)C1CCCN(CC(=O)Nc2nc(C)c(C)s2)C1. The molecule has 0 saturated carbocycles. The first-order valence-electron chi connectivity index (χ1n) is 8.80. The number of amides is 2. The van der Waals surface area contributed by atoms with Crippen molar-refractivity contribution in [2.75, 3.05) is 44.6 Å². The maximum Gasteiger partial charge on any atom is 0.240 e. The Bertz CT molecular complexity index is 585. The number of likely N-dealkylation sites (tertiary alicyclic amines) is 1. The molecule has 0 radical (unpaired) electrons. The van der Waals surface area contributed by atoms with E-state index in [0.717, 1.165) is 30.0 Å². The first kappa shape index (κ1) is 19.8. The summed E-state index contributed by atoms with van der Waals surface area (Å²) in [6.45, 7) is 8.44. The smallest absolute Gasteiger partial charge is 0.240 e.